The summed E-state index contributed by atoms with van der Waals surface area (Å²) in [6, 6.07) is 68.4. The van der Waals surface area contributed by atoms with Crippen molar-refractivity contribution in [1.82, 2.24) is 15.0 Å². The highest BCUT2D eigenvalue weighted by molar-refractivity contribution is 7.25. The minimum Gasteiger partial charge on any atom is -0.208 e. The molecule has 4 heteroatoms. The van der Waals surface area contributed by atoms with Gasteiger partial charge in [0.25, 0.3) is 0 Å². The minimum atomic E-state index is -0.323. The van der Waals surface area contributed by atoms with Gasteiger partial charge in [-0.25, -0.2) is 15.0 Å². The van der Waals surface area contributed by atoms with E-state index in [9.17, 15) is 0 Å². The predicted octanol–water partition coefficient (Wildman–Crippen LogP) is 15.1. The fraction of sp³-hybridized carbons (Fsp3) is 0.0678. The molecule has 0 saturated heterocycles. The normalized spacial score (nSPS) is 15.5. The van der Waals surface area contributed by atoms with Crippen LogP contribution in [0.3, 0.4) is 0 Å². The summed E-state index contributed by atoms with van der Waals surface area (Å²) in [5, 5.41) is 2.41. The van der Waals surface area contributed by atoms with Gasteiger partial charge in [-0.15, -0.1) is 11.3 Å². The molecule has 1 atom stereocenters. The number of aromatic nitrogens is 3. The van der Waals surface area contributed by atoms with Crippen molar-refractivity contribution in [3.05, 3.63) is 234 Å². The number of benzene rings is 8. The van der Waals surface area contributed by atoms with E-state index in [0.29, 0.717) is 23.4 Å². The number of rotatable bonds is 5. The molecule has 10 aromatic rings. The molecule has 13 rings (SSSR count). The Morgan fingerprint density at radius 1 is 0.429 bits per heavy atom. The van der Waals surface area contributed by atoms with Gasteiger partial charge in [0.15, 0.2) is 17.5 Å². The van der Waals surface area contributed by atoms with Crippen molar-refractivity contribution in [1.29, 1.82) is 0 Å². The molecule has 0 fully saturated rings. The maximum atomic E-state index is 5.24. The van der Waals surface area contributed by atoms with Crippen molar-refractivity contribution in [2.24, 2.45) is 5.92 Å². The molecule has 1 unspecified atom stereocenters. The Kier molecular flexibility index (Phi) is 8.03. The first kappa shape index (κ1) is 36.2. The summed E-state index contributed by atoms with van der Waals surface area (Å²) in [6.07, 6.45) is 5.63. The van der Waals surface area contributed by atoms with Crippen LogP contribution in [0.4, 0.5) is 0 Å². The summed E-state index contributed by atoms with van der Waals surface area (Å²) in [4.78, 5) is 15.5. The maximum absolute atomic E-state index is 5.24. The predicted molar refractivity (Wildman–Crippen MR) is 261 cm³/mol. The fourth-order valence-electron chi connectivity index (χ4n) is 10.9. The van der Waals surface area contributed by atoms with Gasteiger partial charge in [-0.05, 0) is 103 Å². The van der Waals surface area contributed by atoms with Gasteiger partial charge in [-0.2, -0.15) is 0 Å². The Bertz CT molecular complexity index is 3530. The van der Waals surface area contributed by atoms with Crippen LogP contribution in [-0.4, -0.2) is 15.0 Å². The quantitative estimate of drug-likeness (QED) is 0.174. The third kappa shape index (κ3) is 5.41. The molecule has 1 spiro atoms. The molecule has 3 nitrogen and oxygen atoms in total. The average Bonchev–Trinajstić information content (AvgIpc) is 3.98. The lowest BCUT2D eigenvalue weighted by molar-refractivity contribution is 0.770. The molecule has 296 valence electrons. The van der Waals surface area contributed by atoms with Crippen molar-refractivity contribution in [3.63, 3.8) is 0 Å². The Labute approximate surface area is 370 Å². The van der Waals surface area contributed by atoms with Gasteiger partial charge in [0.2, 0.25) is 0 Å². The number of allylic oxidation sites excluding steroid dienone is 4. The molecule has 0 bridgehead atoms. The van der Waals surface area contributed by atoms with E-state index in [1.54, 1.807) is 0 Å². The van der Waals surface area contributed by atoms with Crippen molar-refractivity contribution in [3.8, 4) is 56.4 Å². The Morgan fingerprint density at radius 2 is 0.984 bits per heavy atom. The summed E-state index contributed by atoms with van der Waals surface area (Å²) in [6.45, 7) is 2.36. The lowest BCUT2D eigenvalue weighted by Gasteiger charge is -2.30. The van der Waals surface area contributed by atoms with E-state index < -0.39 is 0 Å². The second-order valence-corrected chi connectivity index (χ2v) is 18.2. The molecule has 63 heavy (non-hydrogen) atoms. The minimum absolute atomic E-state index is 0.305. The third-order valence-electron chi connectivity index (χ3n) is 13.7. The number of hydrogen-bond donors (Lipinski definition) is 0. The van der Waals surface area contributed by atoms with Crippen LogP contribution in [0.25, 0.3) is 87.7 Å². The van der Waals surface area contributed by atoms with Gasteiger partial charge in [0.1, 0.15) is 0 Å². The van der Waals surface area contributed by atoms with Crippen LogP contribution < -0.4 is 0 Å². The Morgan fingerprint density at radius 3 is 1.73 bits per heavy atom. The highest BCUT2D eigenvalue weighted by Gasteiger charge is 2.51. The van der Waals surface area contributed by atoms with Crippen molar-refractivity contribution in [2.75, 3.05) is 0 Å². The van der Waals surface area contributed by atoms with Crippen LogP contribution in [0.5, 0.6) is 0 Å². The molecule has 2 aromatic heterocycles. The first-order chi connectivity index (χ1) is 31.1. The summed E-state index contributed by atoms with van der Waals surface area (Å²) < 4.78 is 2.48. The molecule has 3 aliphatic rings. The van der Waals surface area contributed by atoms with E-state index in [-0.39, 0.29) is 5.41 Å². The molecule has 0 N–H and O–H groups in total. The molecular formula is C59H39N3S. The van der Waals surface area contributed by atoms with Crippen LogP contribution in [0, 0.1) is 5.92 Å². The van der Waals surface area contributed by atoms with E-state index >= 15 is 0 Å². The first-order valence-corrected chi connectivity index (χ1v) is 22.6. The third-order valence-corrected chi connectivity index (χ3v) is 14.8. The number of nitrogens with zero attached hydrogens (tertiary/aromatic N) is 3. The highest BCUT2D eigenvalue weighted by Crippen LogP contribution is 2.63. The highest BCUT2D eigenvalue weighted by atomic mass is 32.1. The van der Waals surface area contributed by atoms with Crippen molar-refractivity contribution < 1.29 is 0 Å². The van der Waals surface area contributed by atoms with Gasteiger partial charge in [0, 0.05) is 36.9 Å². The first-order valence-electron chi connectivity index (χ1n) is 21.8. The zero-order valence-electron chi connectivity index (χ0n) is 34.6. The summed E-state index contributed by atoms with van der Waals surface area (Å²) in [5.41, 5.74) is 18.6. The second kappa shape index (κ2) is 14.0. The number of fused-ring (bicyclic) bond motifs is 13. The molecule has 0 saturated carbocycles. The van der Waals surface area contributed by atoms with E-state index in [4.69, 9.17) is 15.0 Å². The van der Waals surface area contributed by atoms with E-state index in [1.165, 1.54) is 87.0 Å². The topological polar surface area (TPSA) is 38.7 Å². The maximum Gasteiger partial charge on any atom is 0.164 e. The molecular weight excluding hydrogens is 783 g/mol. The zero-order chi connectivity index (χ0) is 41.6. The van der Waals surface area contributed by atoms with Crippen molar-refractivity contribution in [2.45, 2.75) is 18.8 Å². The van der Waals surface area contributed by atoms with Crippen LogP contribution in [-0.2, 0) is 5.41 Å². The van der Waals surface area contributed by atoms with Gasteiger partial charge >= 0.3 is 0 Å². The van der Waals surface area contributed by atoms with Crippen molar-refractivity contribution >= 4 is 42.7 Å². The molecule has 0 aliphatic heterocycles. The second-order valence-electron chi connectivity index (χ2n) is 17.1. The largest absolute Gasteiger partial charge is 0.208 e. The van der Waals surface area contributed by atoms with Gasteiger partial charge < -0.3 is 0 Å². The number of thiophene rings is 1. The van der Waals surface area contributed by atoms with E-state index in [0.717, 1.165) is 23.1 Å². The molecule has 8 aromatic carbocycles. The van der Waals surface area contributed by atoms with Crippen LogP contribution in [0.2, 0.25) is 0 Å². The molecule has 3 aliphatic carbocycles. The van der Waals surface area contributed by atoms with Gasteiger partial charge in [-0.1, -0.05) is 183 Å². The Balaban J connectivity index is 0.892. The van der Waals surface area contributed by atoms with Crippen LogP contribution in [0.15, 0.2) is 200 Å². The lowest BCUT2D eigenvalue weighted by Crippen LogP contribution is -2.25. The lowest BCUT2D eigenvalue weighted by atomic mass is 9.70. The van der Waals surface area contributed by atoms with Crippen LogP contribution in [0.1, 0.15) is 46.7 Å². The van der Waals surface area contributed by atoms with Gasteiger partial charge in [-0.3, -0.25) is 0 Å². The smallest absolute Gasteiger partial charge is 0.164 e. The summed E-state index contributed by atoms with van der Waals surface area (Å²) in [7, 11) is 0. The van der Waals surface area contributed by atoms with Gasteiger partial charge in [0.05, 0.1) is 5.41 Å². The van der Waals surface area contributed by atoms with E-state index in [1.807, 2.05) is 29.5 Å². The molecule has 2 heterocycles. The monoisotopic (exact) mass is 821 g/mol. The SMILES string of the molecule is CC1CC(c2ccc3c(c2)-c2ccccc2C32c3ccccc3-c3ccccc32)=CC=C1c1cccc(-c2nc(-c3ccccc3)nc(-c3cccc4sc5ccccc5c34)n2)c1. The standard InChI is InChI=1S/C59H39N3S/c1-36-33-38(39-30-32-52-48(35-39)45-21-7-11-26-51(45)59(52)49-24-9-5-19-43(49)44-20-6-10-25-50(44)59)29-31-42(36)40-17-13-18-41(34-40)57-60-56(37-15-3-2-4-16-37)61-58(62-57)47-23-14-28-54-55(47)46-22-8-12-27-53(46)63-54/h2-32,34-36H,33H2,1H3. The fourth-order valence-corrected chi connectivity index (χ4v) is 12.0. The number of hydrogen-bond acceptors (Lipinski definition) is 4. The molecule has 0 amide bonds. The van der Waals surface area contributed by atoms with E-state index in [2.05, 4.69) is 189 Å². The summed E-state index contributed by atoms with van der Waals surface area (Å²) in [5.74, 6) is 2.32. The average molecular weight is 822 g/mol. The molecule has 0 radical (unpaired) electrons. The Hall–Kier alpha value is -7.53. The zero-order valence-corrected chi connectivity index (χ0v) is 35.4. The van der Waals surface area contributed by atoms with Crippen LogP contribution >= 0.6 is 11.3 Å². The summed E-state index contributed by atoms with van der Waals surface area (Å²) >= 11 is 1.81.